The molecule has 0 saturated carbocycles. The van der Waals surface area contributed by atoms with Crippen LogP contribution in [0.2, 0.25) is 0 Å². The minimum Gasteiger partial charge on any atom is -0.349 e. The zero-order valence-electron chi connectivity index (χ0n) is 12.2. The molecule has 0 heterocycles. The lowest BCUT2D eigenvalue weighted by Crippen LogP contribution is -2.36. The van der Waals surface area contributed by atoms with Crippen LogP contribution < -0.4 is 0 Å². The fourth-order valence-corrected chi connectivity index (χ4v) is 1.37. The van der Waals surface area contributed by atoms with E-state index in [0.29, 0.717) is 13.1 Å². The Bertz CT molecular complexity index is 327. The Morgan fingerprint density at radius 2 is 1.26 bits per heavy atom. The lowest BCUT2D eigenvalue weighted by atomic mass is 10.3. The summed E-state index contributed by atoms with van der Waals surface area (Å²) in [5.74, 6) is -0.375. The van der Waals surface area contributed by atoms with E-state index in [2.05, 4.69) is 6.58 Å². The van der Waals surface area contributed by atoms with Crippen molar-refractivity contribution >= 4 is 17.7 Å². The molecule has 3 amide bonds. The topological polar surface area (TPSA) is 60.9 Å². The van der Waals surface area contributed by atoms with Crippen molar-refractivity contribution in [1.82, 2.24) is 14.7 Å². The van der Waals surface area contributed by atoms with Crippen molar-refractivity contribution in [3.05, 3.63) is 12.7 Å². The molecule has 19 heavy (non-hydrogen) atoms. The number of hydrogen-bond acceptors (Lipinski definition) is 3. The summed E-state index contributed by atoms with van der Waals surface area (Å²) >= 11 is 0. The highest BCUT2D eigenvalue weighted by atomic mass is 16.2. The van der Waals surface area contributed by atoms with Crippen LogP contribution in [0.4, 0.5) is 0 Å². The molecule has 0 radical (unpaired) electrons. The van der Waals surface area contributed by atoms with E-state index in [-0.39, 0.29) is 30.6 Å². The summed E-state index contributed by atoms with van der Waals surface area (Å²) in [7, 11) is 6.66. The molecular weight excluding hydrogens is 246 g/mol. The number of amides is 3. The standard InChI is InChI=1S/C13H23N3O3/c1-6-11(17)16(9-7-12(18)14(2)3)10-8-13(19)15(4)5/h6H,1,7-10H2,2-5H3. The number of hydrogen-bond donors (Lipinski definition) is 0. The number of rotatable bonds is 7. The van der Waals surface area contributed by atoms with E-state index < -0.39 is 0 Å². The van der Waals surface area contributed by atoms with E-state index in [9.17, 15) is 14.4 Å². The van der Waals surface area contributed by atoms with E-state index in [1.807, 2.05) is 0 Å². The lowest BCUT2D eigenvalue weighted by Gasteiger charge is -2.22. The molecule has 0 aromatic carbocycles. The monoisotopic (exact) mass is 269 g/mol. The molecule has 0 aliphatic heterocycles. The van der Waals surface area contributed by atoms with E-state index in [0.717, 1.165) is 0 Å². The average Bonchev–Trinajstić information content (AvgIpc) is 2.36. The van der Waals surface area contributed by atoms with Crippen LogP contribution in [0.5, 0.6) is 0 Å². The Kier molecular flexibility index (Phi) is 7.48. The van der Waals surface area contributed by atoms with Crippen LogP contribution in [-0.2, 0) is 14.4 Å². The van der Waals surface area contributed by atoms with E-state index in [4.69, 9.17) is 0 Å². The van der Waals surface area contributed by atoms with Crippen LogP contribution in [-0.4, -0.2) is 73.7 Å². The quantitative estimate of drug-likeness (QED) is 0.609. The van der Waals surface area contributed by atoms with Crippen LogP contribution in [0.25, 0.3) is 0 Å². The molecule has 0 rings (SSSR count). The minimum atomic E-state index is -0.266. The third-order valence-corrected chi connectivity index (χ3v) is 2.68. The normalized spacial score (nSPS) is 9.68. The molecule has 0 fully saturated rings. The third-order valence-electron chi connectivity index (χ3n) is 2.68. The van der Waals surface area contributed by atoms with Gasteiger partial charge in [-0.05, 0) is 6.08 Å². The van der Waals surface area contributed by atoms with Crippen molar-refractivity contribution in [2.24, 2.45) is 0 Å². The van der Waals surface area contributed by atoms with Gasteiger partial charge in [0.05, 0.1) is 0 Å². The first-order valence-corrected chi connectivity index (χ1v) is 6.11. The van der Waals surface area contributed by atoms with Gasteiger partial charge in [-0.15, -0.1) is 0 Å². The lowest BCUT2D eigenvalue weighted by molar-refractivity contribution is -0.131. The van der Waals surface area contributed by atoms with Gasteiger partial charge in [0.25, 0.3) is 0 Å². The maximum Gasteiger partial charge on any atom is 0.245 e. The molecule has 0 aromatic heterocycles. The van der Waals surface area contributed by atoms with Gasteiger partial charge in [0.1, 0.15) is 0 Å². The summed E-state index contributed by atoms with van der Waals surface area (Å²) in [6, 6.07) is 0. The summed E-state index contributed by atoms with van der Waals surface area (Å²) in [4.78, 5) is 39.0. The predicted octanol–water partition coefficient (Wildman–Crippen LogP) is -0.0424. The maximum atomic E-state index is 11.6. The van der Waals surface area contributed by atoms with E-state index in [1.165, 1.54) is 20.8 Å². The number of carbonyl (C=O) groups is 3. The molecule has 108 valence electrons. The average molecular weight is 269 g/mol. The van der Waals surface area contributed by atoms with Crippen molar-refractivity contribution in [1.29, 1.82) is 0 Å². The molecule has 0 spiro atoms. The Hall–Kier alpha value is -1.85. The van der Waals surface area contributed by atoms with Crippen LogP contribution >= 0.6 is 0 Å². The summed E-state index contributed by atoms with van der Waals surface area (Å²) in [6.45, 7) is 4.01. The molecule has 0 atom stereocenters. The molecule has 0 N–H and O–H groups in total. The predicted molar refractivity (Wildman–Crippen MR) is 73.4 cm³/mol. The maximum absolute atomic E-state index is 11.6. The summed E-state index contributed by atoms with van der Waals surface area (Å²) in [6.07, 6.45) is 1.67. The van der Waals surface area contributed by atoms with Gasteiger partial charge in [-0.1, -0.05) is 6.58 Å². The first-order valence-electron chi connectivity index (χ1n) is 6.11. The summed E-state index contributed by atoms with van der Waals surface area (Å²) in [5, 5.41) is 0. The fourth-order valence-electron chi connectivity index (χ4n) is 1.37. The molecule has 6 nitrogen and oxygen atoms in total. The van der Waals surface area contributed by atoms with Crippen molar-refractivity contribution in [3.63, 3.8) is 0 Å². The summed E-state index contributed by atoms with van der Waals surface area (Å²) < 4.78 is 0. The van der Waals surface area contributed by atoms with Crippen LogP contribution in [0.1, 0.15) is 12.8 Å². The Balaban J connectivity index is 4.40. The van der Waals surface area contributed by atoms with Gasteiger partial charge < -0.3 is 14.7 Å². The SMILES string of the molecule is C=CC(=O)N(CCC(=O)N(C)C)CCC(=O)N(C)C. The molecule has 0 saturated heterocycles. The smallest absolute Gasteiger partial charge is 0.245 e. The van der Waals surface area contributed by atoms with Crippen LogP contribution in [0.15, 0.2) is 12.7 Å². The highest BCUT2D eigenvalue weighted by Crippen LogP contribution is 2.00. The third kappa shape index (κ3) is 6.59. The van der Waals surface area contributed by atoms with Crippen LogP contribution in [0, 0.1) is 0 Å². The molecule has 0 bridgehead atoms. The Labute approximate surface area is 114 Å². The second-order valence-corrected chi connectivity index (χ2v) is 4.61. The fraction of sp³-hybridized carbons (Fsp3) is 0.615. The zero-order chi connectivity index (χ0) is 15.0. The largest absolute Gasteiger partial charge is 0.349 e. The first-order chi connectivity index (χ1) is 8.79. The summed E-state index contributed by atoms with van der Waals surface area (Å²) in [5.41, 5.74) is 0. The first kappa shape index (κ1) is 17.2. The Morgan fingerprint density at radius 1 is 0.895 bits per heavy atom. The van der Waals surface area contributed by atoms with Gasteiger partial charge >= 0.3 is 0 Å². The highest BCUT2D eigenvalue weighted by Gasteiger charge is 2.15. The zero-order valence-corrected chi connectivity index (χ0v) is 12.2. The van der Waals surface area contributed by atoms with Gasteiger partial charge in [0.2, 0.25) is 17.7 Å². The van der Waals surface area contributed by atoms with Crippen molar-refractivity contribution in [3.8, 4) is 0 Å². The molecule has 0 aromatic rings. The molecule has 0 aliphatic rings. The van der Waals surface area contributed by atoms with Gasteiger partial charge in [-0.25, -0.2) is 0 Å². The van der Waals surface area contributed by atoms with E-state index >= 15 is 0 Å². The van der Waals surface area contributed by atoms with Crippen molar-refractivity contribution in [2.45, 2.75) is 12.8 Å². The molecule has 6 heteroatoms. The van der Waals surface area contributed by atoms with Crippen molar-refractivity contribution in [2.75, 3.05) is 41.3 Å². The molecule has 0 aliphatic carbocycles. The van der Waals surface area contributed by atoms with Gasteiger partial charge in [0, 0.05) is 54.1 Å². The van der Waals surface area contributed by atoms with E-state index in [1.54, 1.807) is 28.2 Å². The minimum absolute atomic E-state index is 0.0548. The Morgan fingerprint density at radius 3 is 1.53 bits per heavy atom. The second kappa shape index (κ2) is 8.29. The second-order valence-electron chi connectivity index (χ2n) is 4.61. The van der Waals surface area contributed by atoms with Gasteiger partial charge in [-0.3, -0.25) is 14.4 Å². The van der Waals surface area contributed by atoms with Crippen LogP contribution in [0.3, 0.4) is 0 Å². The molecule has 0 unspecified atom stereocenters. The number of nitrogens with zero attached hydrogens (tertiary/aromatic N) is 3. The number of carbonyl (C=O) groups excluding carboxylic acids is 3. The van der Waals surface area contributed by atoms with Gasteiger partial charge in [-0.2, -0.15) is 0 Å². The van der Waals surface area contributed by atoms with Crippen molar-refractivity contribution < 1.29 is 14.4 Å². The molecular formula is C13H23N3O3. The van der Waals surface area contributed by atoms with Gasteiger partial charge in [0.15, 0.2) is 0 Å². The highest BCUT2D eigenvalue weighted by molar-refractivity contribution is 5.88.